The first kappa shape index (κ1) is 43.1. The van der Waals surface area contributed by atoms with Gasteiger partial charge in [-0.25, -0.2) is 17.6 Å². The lowest BCUT2D eigenvalue weighted by molar-refractivity contribution is -0.0111. The Morgan fingerprint density at radius 3 is 2.49 bits per heavy atom. The van der Waals surface area contributed by atoms with E-state index in [2.05, 4.69) is 21.1 Å². The number of anilines is 3. The number of rotatable bonds is 12. The van der Waals surface area contributed by atoms with Crippen LogP contribution >= 0.6 is 0 Å². The minimum absolute atomic E-state index is 0.00227. The Labute approximate surface area is 334 Å². The van der Waals surface area contributed by atoms with Crippen LogP contribution in [0.1, 0.15) is 60.5 Å². The molecule has 0 spiro atoms. The van der Waals surface area contributed by atoms with Crippen molar-refractivity contribution in [1.82, 2.24) is 14.4 Å². The van der Waals surface area contributed by atoms with E-state index in [-0.39, 0.29) is 36.4 Å². The standard InChI is InChI=1S/C41H53FN6O8S/c1-27-23-48(28(2)25-54-26-31-10-15-34(53-6)16-11-31)40(49)36-22-33(44-41(50)45-39-29(3)46-56-30(39)4)14-19-37(36)43-20-8-7-9-21-55-38(27)24-47(5)57(51,52)35-17-12-32(42)13-18-35/h10-19,22,27-28,38,43H,7-9,20-21,23-26H2,1-6H3,(H2,44,45,50)/t27-,28+,38+/m1/s1. The highest BCUT2D eigenvalue weighted by atomic mass is 32.2. The maximum Gasteiger partial charge on any atom is 0.323 e. The third kappa shape index (κ3) is 11.5. The van der Waals surface area contributed by atoms with Gasteiger partial charge in [0.2, 0.25) is 10.0 Å². The summed E-state index contributed by atoms with van der Waals surface area (Å²) in [6.45, 7) is 8.90. The molecule has 1 aliphatic rings. The number of halogens is 1. The predicted molar refractivity (Wildman–Crippen MR) is 216 cm³/mol. The number of fused-ring (bicyclic) bond motifs is 1. The van der Waals surface area contributed by atoms with Crippen molar-refractivity contribution in [3.63, 3.8) is 0 Å². The molecule has 3 aromatic carbocycles. The molecule has 0 aliphatic carbocycles. The highest BCUT2D eigenvalue weighted by molar-refractivity contribution is 7.89. The van der Waals surface area contributed by atoms with E-state index in [1.54, 1.807) is 44.1 Å². The first-order valence-electron chi connectivity index (χ1n) is 19.0. The fourth-order valence-corrected chi connectivity index (χ4v) is 7.67. The monoisotopic (exact) mass is 808 g/mol. The number of urea groups is 1. The number of sulfonamides is 1. The highest BCUT2D eigenvalue weighted by Gasteiger charge is 2.32. The van der Waals surface area contributed by atoms with Gasteiger partial charge in [-0.3, -0.25) is 4.79 Å². The van der Waals surface area contributed by atoms with Gasteiger partial charge in [0.1, 0.15) is 22.9 Å². The molecule has 0 unspecified atom stereocenters. The number of benzene rings is 3. The summed E-state index contributed by atoms with van der Waals surface area (Å²) in [5, 5.41) is 12.9. The van der Waals surface area contributed by atoms with Gasteiger partial charge in [0.05, 0.1) is 42.9 Å². The van der Waals surface area contributed by atoms with E-state index in [9.17, 15) is 22.4 Å². The van der Waals surface area contributed by atoms with Gasteiger partial charge in [-0.2, -0.15) is 4.31 Å². The number of aryl methyl sites for hydroxylation is 2. The second-order valence-electron chi connectivity index (χ2n) is 14.3. The Morgan fingerprint density at radius 2 is 1.81 bits per heavy atom. The lowest BCUT2D eigenvalue weighted by Crippen LogP contribution is -2.48. The van der Waals surface area contributed by atoms with Crippen molar-refractivity contribution >= 4 is 39.0 Å². The molecular formula is C41H53FN6O8S. The smallest absolute Gasteiger partial charge is 0.323 e. The van der Waals surface area contributed by atoms with Gasteiger partial charge in [0.25, 0.3) is 5.91 Å². The largest absolute Gasteiger partial charge is 0.497 e. The number of nitrogens with one attached hydrogen (secondary N) is 3. The molecule has 3 atom stereocenters. The number of hydrogen-bond acceptors (Lipinski definition) is 10. The van der Waals surface area contributed by atoms with Crippen molar-refractivity contribution in [3.8, 4) is 5.75 Å². The summed E-state index contributed by atoms with van der Waals surface area (Å²) >= 11 is 0. The average molecular weight is 809 g/mol. The molecule has 308 valence electrons. The molecule has 2 heterocycles. The van der Waals surface area contributed by atoms with Crippen LogP contribution in [0.5, 0.6) is 5.75 Å². The normalized spacial score (nSPS) is 17.6. The zero-order chi connectivity index (χ0) is 41.1. The second-order valence-corrected chi connectivity index (χ2v) is 16.4. The number of hydrogen-bond donors (Lipinski definition) is 3. The van der Waals surface area contributed by atoms with Gasteiger partial charge in [0, 0.05) is 50.6 Å². The van der Waals surface area contributed by atoms with Crippen LogP contribution < -0.4 is 20.7 Å². The van der Waals surface area contributed by atoms with Crippen molar-refractivity contribution in [3.05, 3.63) is 95.1 Å². The SMILES string of the molecule is COc1ccc(COC[C@H](C)N2C[C@@H](C)[C@H](CN(C)S(=O)(=O)c3ccc(F)cc3)OCCCCCNc3ccc(NC(=O)Nc4c(C)noc4C)cc3C2=O)cc1. The maximum atomic E-state index is 14.9. The predicted octanol–water partition coefficient (Wildman–Crippen LogP) is 7.07. The van der Waals surface area contributed by atoms with Crippen LogP contribution in [0.3, 0.4) is 0 Å². The fourth-order valence-electron chi connectivity index (χ4n) is 6.49. The van der Waals surface area contributed by atoms with Crippen LogP contribution in [0.25, 0.3) is 0 Å². The summed E-state index contributed by atoms with van der Waals surface area (Å²) in [4.78, 5) is 29.6. The van der Waals surface area contributed by atoms with E-state index in [1.165, 1.54) is 23.5 Å². The Morgan fingerprint density at radius 1 is 1.07 bits per heavy atom. The maximum absolute atomic E-state index is 14.9. The van der Waals surface area contributed by atoms with Crippen LogP contribution in [0, 0.1) is 25.6 Å². The van der Waals surface area contributed by atoms with E-state index >= 15 is 0 Å². The van der Waals surface area contributed by atoms with Gasteiger partial charge >= 0.3 is 6.03 Å². The molecule has 1 aliphatic heterocycles. The Balaban J connectivity index is 1.43. The number of amides is 3. The van der Waals surface area contributed by atoms with Crippen molar-refractivity contribution < 1.29 is 41.1 Å². The molecule has 0 fully saturated rings. The third-order valence-electron chi connectivity index (χ3n) is 9.91. The van der Waals surface area contributed by atoms with Crippen LogP contribution in [0.2, 0.25) is 0 Å². The lowest BCUT2D eigenvalue weighted by atomic mass is 10.0. The van der Waals surface area contributed by atoms with Gasteiger partial charge in [-0.15, -0.1) is 0 Å². The second kappa shape index (κ2) is 19.9. The third-order valence-corrected chi connectivity index (χ3v) is 11.7. The van der Waals surface area contributed by atoms with E-state index < -0.39 is 34.0 Å². The first-order chi connectivity index (χ1) is 27.3. The molecule has 5 rings (SSSR count). The molecule has 0 bridgehead atoms. The molecule has 3 amide bonds. The summed E-state index contributed by atoms with van der Waals surface area (Å²) in [7, 11) is -0.905. The summed E-state index contributed by atoms with van der Waals surface area (Å²) in [5.41, 5.74) is 3.25. The van der Waals surface area contributed by atoms with E-state index in [1.807, 2.05) is 38.1 Å². The zero-order valence-corrected chi connectivity index (χ0v) is 34.2. The molecule has 3 N–H and O–H groups in total. The van der Waals surface area contributed by atoms with E-state index in [0.717, 1.165) is 42.7 Å². The zero-order valence-electron chi connectivity index (χ0n) is 33.3. The summed E-state index contributed by atoms with van der Waals surface area (Å²) < 4.78 is 65.0. The van der Waals surface area contributed by atoms with Gasteiger partial charge in [0.15, 0.2) is 5.76 Å². The van der Waals surface area contributed by atoms with Crippen molar-refractivity contribution in [1.29, 1.82) is 0 Å². The van der Waals surface area contributed by atoms with Crippen LogP contribution in [-0.2, 0) is 26.1 Å². The number of carbonyl (C=O) groups excluding carboxylic acids is 2. The Hall–Kier alpha value is -5.03. The topological polar surface area (TPSA) is 165 Å². The quantitative estimate of drug-likeness (QED) is 0.135. The minimum atomic E-state index is -3.98. The number of carbonyl (C=O) groups is 2. The molecular weight excluding hydrogens is 756 g/mol. The number of aromatic nitrogens is 1. The molecule has 0 saturated carbocycles. The molecule has 0 radical (unpaired) electrons. The lowest BCUT2D eigenvalue weighted by Gasteiger charge is -2.36. The van der Waals surface area contributed by atoms with E-state index in [4.69, 9.17) is 18.7 Å². The molecule has 0 saturated heterocycles. The molecule has 4 aromatic rings. The Kier molecular flexibility index (Phi) is 15.0. The summed E-state index contributed by atoms with van der Waals surface area (Å²) in [6, 6.07) is 16.4. The van der Waals surface area contributed by atoms with Crippen molar-refractivity contribution in [2.75, 3.05) is 63.0 Å². The number of nitrogens with zero attached hydrogens (tertiary/aromatic N) is 3. The van der Waals surface area contributed by atoms with Crippen molar-refractivity contribution in [2.45, 2.75) is 70.6 Å². The van der Waals surface area contributed by atoms with Crippen LogP contribution in [0.15, 0.2) is 76.1 Å². The number of ether oxygens (including phenoxy) is 3. The van der Waals surface area contributed by atoms with Gasteiger partial charge < -0.3 is 39.6 Å². The number of methoxy groups -OCH3 is 1. The van der Waals surface area contributed by atoms with Crippen LogP contribution in [0.4, 0.5) is 26.2 Å². The molecule has 57 heavy (non-hydrogen) atoms. The highest BCUT2D eigenvalue weighted by Crippen LogP contribution is 2.27. The van der Waals surface area contributed by atoms with Crippen molar-refractivity contribution in [2.24, 2.45) is 5.92 Å². The average Bonchev–Trinajstić information content (AvgIpc) is 3.51. The van der Waals surface area contributed by atoms with Crippen LogP contribution in [-0.4, -0.2) is 93.9 Å². The number of likely N-dealkylation sites (N-methyl/N-ethyl adjacent to an activating group) is 1. The summed E-state index contributed by atoms with van der Waals surface area (Å²) in [5.74, 6) is -0.0204. The first-order valence-corrected chi connectivity index (χ1v) is 20.4. The Bertz CT molecular complexity index is 2040. The summed E-state index contributed by atoms with van der Waals surface area (Å²) in [6.07, 6.45) is 1.76. The van der Waals surface area contributed by atoms with Gasteiger partial charge in [-0.1, -0.05) is 24.2 Å². The molecule has 14 nitrogen and oxygen atoms in total. The van der Waals surface area contributed by atoms with E-state index in [0.29, 0.717) is 53.8 Å². The fraction of sp³-hybridized carbons (Fsp3) is 0.439. The van der Waals surface area contributed by atoms with Gasteiger partial charge in [-0.05, 0) is 100 Å². The minimum Gasteiger partial charge on any atom is -0.497 e. The molecule has 16 heteroatoms. The molecule has 1 aromatic heterocycles.